The number of carboxylic acids is 1. The number of aliphatic carboxylic acids is 1. The molecule has 1 rings (SSSR count). The fraction of sp³-hybridized carbons (Fsp3) is 0.500. The monoisotopic (exact) mass is 335 g/mol. The van der Waals surface area contributed by atoms with Crippen LogP contribution < -0.4 is 5.32 Å². The predicted octanol–water partition coefficient (Wildman–Crippen LogP) is 3.47. The largest absolute Gasteiger partial charge is 0.481 e. The Morgan fingerprint density at radius 3 is 2.50 bits per heavy atom. The number of benzene rings is 1. The zero-order chi connectivity index (χ0) is 17.9. The van der Waals surface area contributed by atoms with Gasteiger partial charge in [-0.1, -0.05) is 31.9 Å². The molecule has 0 aromatic heterocycles. The molecular weight excluding hydrogens is 310 g/mol. The summed E-state index contributed by atoms with van der Waals surface area (Å²) in [5.41, 5.74) is 0.662. The molecule has 0 spiro atoms. The molecule has 0 unspecified atom stereocenters. The van der Waals surface area contributed by atoms with E-state index in [1.807, 2.05) is 6.92 Å². The van der Waals surface area contributed by atoms with Crippen molar-refractivity contribution in [2.45, 2.75) is 46.0 Å². The molecule has 6 nitrogen and oxygen atoms in total. The number of rotatable bonds is 10. The van der Waals surface area contributed by atoms with Gasteiger partial charge in [-0.05, 0) is 31.9 Å². The molecule has 0 saturated heterocycles. The van der Waals surface area contributed by atoms with E-state index in [9.17, 15) is 19.5 Å². The molecule has 0 bridgehead atoms. The number of hydrogen-bond donors (Lipinski definition) is 2. The van der Waals surface area contributed by atoms with Gasteiger partial charge in [0.05, 0.1) is 23.8 Å². The number of unbranched alkanes of at least 4 members (excludes halogenated alkanes) is 1. The van der Waals surface area contributed by atoms with Crippen molar-refractivity contribution in [3.8, 4) is 0 Å². The van der Waals surface area contributed by atoms with Gasteiger partial charge >= 0.3 is 11.9 Å². The summed E-state index contributed by atoms with van der Waals surface area (Å²) in [6.07, 6.45) is 2.69. The highest BCUT2D eigenvalue weighted by Crippen LogP contribution is 2.19. The maximum Gasteiger partial charge on any atom is 0.340 e. The fourth-order valence-electron chi connectivity index (χ4n) is 2.34. The summed E-state index contributed by atoms with van der Waals surface area (Å²) >= 11 is 0. The van der Waals surface area contributed by atoms with Crippen molar-refractivity contribution in [2.24, 2.45) is 5.92 Å². The van der Waals surface area contributed by atoms with E-state index < -0.39 is 17.9 Å². The van der Waals surface area contributed by atoms with Gasteiger partial charge < -0.3 is 15.2 Å². The molecule has 0 fully saturated rings. The summed E-state index contributed by atoms with van der Waals surface area (Å²) in [4.78, 5) is 35.2. The molecule has 6 heteroatoms. The lowest BCUT2D eigenvalue weighted by molar-refractivity contribution is -0.142. The van der Waals surface area contributed by atoms with Crippen molar-refractivity contribution < 1.29 is 24.2 Å². The maximum atomic E-state index is 12.1. The summed E-state index contributed by atoms with van der Waals surface area (Å²) in [6.45, 7) is 3.96. The SMILES string of the molecule is CCCC[C@@H](CCC(=O)Nc1ccccc1C(=O)OCC)C(=O)O. The average molecular weight is 335 g/mol. The normalized spacial score (nSPS) is 11.6. The minimum Gasteiger partial charge on any atom is -0.481 e. The number of hydrogen-bond acceptors (Lipinski definition) is 4. The molecule has 1 amide bonds. The minimum absolute atomic E-state index is 0.0951. The maximum absolute atomic E-state index is 12.1. The van der Waals surface area contributed by atoms with E-state index in [0.717, 1.165) is 12.8 Å². The number of esters is 1. The van der Waals surface area contributed by atoms with E-state index >= 15 is 0 Å². The van der Waals surface area contributed by atoms with Crippen molar-refractivity contribution in [3.05, 3.63) is 29.8 Å². The Kier molecular flexibility index (Phi) is 8.54. The van der Waals surface area contributed by atoms with Crippen molar-refractivity contribution in [1.29, 1.82) is 0 Å². The third-order valence-electron chi connectivity index (χ3n) is 3.67. The van der Waals surface area contributed by atoms with Crippen molar-refractivity contribution in [2.75, 3.05) is 11.9 Å². The number of carboxylic acid groups (broad SMARTS) is 1. The Bertz CT molecular complexity index is 570. The molecular formula is C18H25NO5. The second kappa shape index (κ2) is 10.4. The van der Waals surface area contributed by atoms with Crippen LogP contribution in [0.2, 0.25) is 0 Å². The Labute approximate surface area is 142 Å². The average Bonchev–Trinajstić information content (AvgIpc) is 2.55. The summed E-state index contributed by atoms with van der Waals surface area (Å²) in [6, 6.07) is 6.59. The molecule has 0 radical (unpaired) electrons. The molecule has 2 N–H and O–H groups in total. The van der Waals surface area contributed by atoms with Crippen LogP contribution in [0.4, 0.5) is 5.69 Å². The van der Waals surface area contributed by atoms with Gasteiger partial charge in [-0.15, -0.1) is 0 Å². The predicted molar refractivity (Wildman–Crippen MR) is 90.9 cm³/mol. The number of para-hydroxylation sites is 1. The van der Waals surface area contributed by atoms with Gasteiger partial charge in [0.15, 0.2) is 0 Å². The van der Waals surface area contributed by atoms with Crippen LogP contribution in [0.5, 0.6) is 0 Å². The summed E-state index contributed by atoms with van der Waals surface area (Å²) < 4.78 is 4.96. The summed E-state index contributed by atoms with van der Waals surface area (Å²) in [5.74, 6) is -2.20. The fourth-order valence-corrected chi connectivity index (χ4v) is 2.34. The lowest BCUT2D eigenvalue weighted by atomic mass is 9.97. The first-order valence-electron chi connectivity index (χ1n) is 8.28. The first-order valence-corrected chi connectivity index (χ1v) is 8.28. The molecule has 0 saturated carbocycles. The number of anilines is 1. The van der Waals surface area contributed by atoms with Crippen LogP contribution in [0, 0.1) is 5.92 Å². The van der Waals surface area contributed by atoms with E-state index in [1.54, 1.807) is 31.2 Å². The molecule has 1 atom stereocenters. The standard InChI is InChI=1S/C18H25NO5/c1-3-5-8-13(17(21)22)11-12-16(20)19-15-10-7-6-9-14(15)18(23)24-4-2/h6-7,9-10,13H,3-5,8,11-12H2,1-2H3,(H,19,20)(H,21,22)/t13-/m0/s1. The van der Waals surface area contributed by atoms with Gasteiger partial charge in [-0.25, -0.2) is 4.79 Å². The van der Waals surface area contributed by atoms with Crippen molar-refractivity contribution in [1.82, 2.24) is 0 Å². The third-order valence-corrected chi connectivity index (χ3v) is 3.67. The van der Waals surface area contributed by atoms with E-state index in [2.05, 4.69) is 5.32 Å². The molecule has 0 aliphatic heterocycles. The lowest BCUT2D eigenvalue weighted by Gasteiger charge is -2.13. The number of carbonyl (C=O) groups is 3. The van der Waals surface area contributed by atoms with E-state index in [0.29, 0.717) is 12.1 Å². The Morgan fingerprint density at radius 2 is 1.88 bits per heavy atom. The van der Waals surface area contributed by atoms with E-state index in [-0.39, 0.29) is 30.9 Å². The second-order valence-electron chi connectivity index (χ2n) is 5.53. The second-order valence-corrected chi connectivity index (χ2v) is 5.53. The summed E-state index contributed by atoms with van der Waals surface area (Å²) in [5, 5.41) is 11.9. The van der Waals surface area contributed by atoms with E-state index in [4.69, 9.17) is 4.74 Å². The van der Waals surface area contributed by atoms with Crippen LogP contribution in [-0.2, 0) is 14.3 Å². The van der Waals surface area contributed by atoms with Crippen molar-refractivity contribution >= 4 is 23.5 Å². The lowest BCUT2D eigenvalue weighted by Crippen LogP contribution is -2.19. The van der Waals surface area contributed by atoms with Crippen LogP contribution in [-0.4, -0.2) is 29.6 Å². The first-order chi connectivity index (χ1) is 11.5. The Balaban J connectivity index is 2.65. The Hall–Kier alpha value is -2.37. The van der Waals surface area contributed by atoms with Crippen LogP contribution in [0.1, 0.15) is 56.3 Å². The highest BCUT2D eigenvalue weighted by atomic mass is 16.5. The van der Waals surface area contributed by atoms with Gasteiger partial charge in [0, 0.05) is 6.42 Å². The number of ether oxygens (including phenoxy) is 1. The summed E-state index contributed by atoms with van der Waals surface area (Å²) in [7, 11) is 0. The zero-order valence-electron chi connectivity index (χ0n) is 14.2. The molecule has 24 heavy (non-hydrogen) atoms. The topological polar surface area (TPSA) is 92.7 Å². The smallest absolute Gasteiger partial charge is 0.340 e. The Morgan fingerprint density at radius 1 is 1.17 bits per heavy atom. The first kappa shape index (κ1) is 19.7. The number of carbonyl (C=O) groups excluding carboxylic acids is 2. The van der Waals surface area contributed by atoms with Crippen LogP contribution in [0.25, 0.3) is 0 Å². The molecule has 1 aromatic rings. The van der Waals surface area contributed by atoms with Gasteiger partial charge in [0.2, 0.25) is 5.91 Å². The van der Waals surface area contributed by atoms with Crippen LogP contribution in [0.15, 0.2) is 24.3 Å². The molecule has 0 heterocycles. The molecule has 0 aliphatic rings. The third kappa shape index (κ3) is 6.40. The number of nitrogens with one attached hydrogen (secondary N) is 1. The molecule has 1 aromatic carbocycles. The van der Waals surface area contributed by atoms with Gasteiger partial charge in [-0.2, -0.15) is 0 Å². The zero-order valence-corrected chi connectivity index (χ0v) is 14.2. The van der Waals surface area contributed by atoms with Crippen LogP contribution in [0.3, 0.4) is 0 Å². The molecule has 0 aliphatic carbocycles. The molecule has 132 valence electrons. The van der Waals surface area contributed by atoms with Crippen molar-refractivity contribution in [3.63, 3.8) is 0 Å². The minimum atomic E-state index is -0.872. The number of amides is 1. The van der Waals surface area contributed by atoms with Gasteiger partial charge in [0.25, 0.3) is 0 Å². The van der Waals surface area contributed by atoms with Gasteiger partial charge in [-0.3, -0.25) is 9.59 Å². The highest BCUT2D eigenvalue weighted by molar-refractivity contribution is 6.01. The highest BCUT2D eigenvalue weighted by Gasteiger charge is 2.19. The van der Waals surface area contributed by atoms with E-state index in [1.165, 1.54) is 0 Å². The van der Waals surface area contributed by atoms with Crippen LogP contribution >= 0.6 is 0 Å². The quantitative estimate of drug-likeness (QED) is 0.639. The van der Waals surface area contributed by atoms with Gasteiger partial charge in [0.1, 0.15) is 0 Å².